The number of rotatable bonds is 16. The molecular formula is C31H45FO6. The van der Waals surface area contributed by atoms with Crippen molar-refractivity contribution in [2.24, 2.45) is 5.41 Å². The lowest BCUT2D eigenvalue weighted by molar-refractivity contribution is -0.293. The molecule has 7 heteroatoms. The monoisotopic (exact) mass is 532 g/mol. The lowest BCUT2D eigenvalue weighted by atomic mass is 9.91. The summed E-state index contributed by atoms with van der Waals surface area (Å²) in [7, 11) is 0. The maximum Gasteiger partial charge on any atom is 0.165 e. The van der Waals surface area contributed by atoms with Crippen LogP contribution in [0.4, 0.5) is 4.39 Å². The van der Waals surface area contributed by atoms with Gasteiger partial charge in [0.25, 0.3) is 0 Å². The molecule has 2 N–H and O–H groups in total. The fourth-order valence-corrected chi connectivity index (χ4v) is 4.41. The van der Waals surface area contributed by atoms with Gasteiger partial charge in [-0.3, -0.25) is 0 Å². The molecule has 1 aliphatic rings. The van der Waals surface area contributed by atoms with Crippen LogP contribution >= 0.6 is 0 Å². The molecule has 0 unspecified atom stereocenters. The zero-order chi connectivity index (χ0) is 27.4. The summed E-state index contributed by atoms with van der Waals surface area (Å²) in [6.07, 6.45) is 8.12. The van der Waals surface area contributed by atoms with Crippen LogP contribution in [-0.4, -0.2) is 55.6 Å². The number of unbranched alkanes of at least 4 members (excludes halogenated alkanes) is 5. The first-order chi connectivity index (χ1) is 18.3. The van der Waals surface area contributed by atoms with Crippen LogP contribution in [0.2, 0.25) is 0 Å². The van der Waals surface area contributed by atoms with Crippen LogP contribution in [0, 0.1) is 11.2 Å². The van der Waals surface area contributed by atoms with Crippen LogP contribution in [0.1, 0.15) is 71.3 Å². The molecule has 0 aliphatic carbocycles. The second-order valence-electron chi connectivity index (χ2n) is 10.8. The average molecular weight is 533 g/mol. The van der Waals surface area contributed by atoms with Crippen LogP contribution < -0.4 is 9.47 Å². The van der Waals surface area contributed by atoms with E-state index in [9.17, 15) is 14.6 Å². The molecule has 0 spiro atoms. The van der Waals surface area contributed by atoms with E-state index >= 15 is 0 Å². The number of hydrogen-bond acceptors (Lipinski definition) is 6. The summed E-state index contributed by atoms with van der Waals surface area (Å²) in [6, 6.07) is 10.8. The summed E-state index contributed by atoms with van der Waals surface area (Å²) in [5.74, 6) is -0.122. The van der Waals surface area contributed by atoms with E-state index in [4.69, 9.17) is 18.9 Å². The highest BCUT2D eigenvalue weighted by Crippen LogP contribution is 2.34. The molecule has 1 heterocycles. The number of aryl methyl sites for hydroxylation is 1. The number of ether oxygens (including phenoxy) is 4. The lowest BCUT2D eigenvalue weighted by Gasteiger charge is -2.42. The smallest absolute Gasteiger partial charge is 0.165 e. The summed E-state index contributed by atoms with van der Waals surface area (Å²) < 4.78 is 38.2. The van der Waals surface area contributed by atoms with E-state index in [0.717, 1.165) is 29.5 Å². The first kappa shape index (κ1) is 30.4. The Bertz CT molecular complexity index is 982. The molecule has 1 saturated heterocycles. The third kappa shape index (κ3) is 8.94. The third-order valence-electron chi connectivity index (χ3n) is 7.01. The molecule has 0 bridgehead atoms. The molecule has 1 aliphatic heterocycles. The number of aliphatic hydroxyl groups excluding tert-OH is 2. The van der Waals surface area contributed by atoms with Crippen molar-refractivity contribution in [2.75, 3.05) is 39.6 Å². The van der Waals surface area contributed by atoms with E-state index in [0.29, 0.717) is 38.4 Å². The van der Waals surface area contributed by atoms with Gasteiger partial charge in [-0.15, -0.1) is 0 Å². The van der Waals surface area contributed by atoms with Crippen molar-refractivity contribution in [3.05, 3.63) is 47.8 Å². The van der Waals surface area contributed by atoms with Gasteiger partial charge in [0.1, 0.15) is 12.4 Å². The molecule has 2 aromatic carbocycles. The van der Waals surface area contributed by atoms with Gasteiger partial charge < -0.3 is 29.2 Å². The number of aliphatic hydroxyl groups is 2. The first-order valence-corrected chi connectivity index (χ1v) is 14.0. The van der Waals surface area contributed by atoms with E-state index in [1.165, 1.54) is 31.7 Å². The molecule has 2 aromatic rings. The second-order valence-corrected chi connectivity index (χ2v) is 10.8. The van der Waals surface area contributed by atoms with Crippen LogP contribution in [0.25, 0.3) is 11.1 Å². The SMILES string of the molecule is CCCCCCCCOc1ccc(-c2ccc(OCC3(CO)COC(C)(C)OC3)c(CCCO)c2)cc1F. The number of hydrogen-bond donors (Lipinski definition) is 2. The highest BCUT2D eigenvalue weighted by molar-refractivity contribution is 5.66. The standard InChI is InChI=1S/C31H45FO6/c1-4-5-6-7-8-9-17-35-29-15-13-25(19-27(29)32)24-12-14-28(26(18-24)11-10-16-33)36-21-31(20-34)22-37-30(2,3)38-23-31/h12-15,18-19,33-34H,4-11,16-17,20-23H2,1-3H3. The van der Waals surface area contributed by atoms with Gasteiger partial charge in [0.15, 0.2) is 17.4 Å². The summed E-state index contributed by atoms with van der Waals surface area (Å²) in [5.41, 5.74) is 1.85. The van der Waals surface area contributed by atoms with E-state index in [2.05, 4.69) is 6.92 Å². The highest BCUT2D eigenvalue weighted by Gasteiger charge is 2.40. The van der Waals surface area contributed by atoms with Gasteiger partial charge in [0, 0.05) is 6.61 Å². The number of benzene rings is 2. The summed E-state index contributed by atoms with van der Waals surface area (Å²) in [4.78, 5) is 0. The Balaban J connectivity index is 1.65. The minimum atomic E-state index is -0.684. The van der Waals surface area contributed by atoms with Crippen molar-refractivity contribution in [3.8, 4) is 22.6 Å². The van der Waals surface area contributed by atoms with Crippen molar-refractivity contribution >= 4 is 0 Å². The number of halogens is 1. The summed E-state index contributed by atoms with van der Waals surface area (Å²) >= 11 is 0. The van der Waals surface area contributed by atoms with Gasteiger partial charge in [-0.25, -0.2) is 4.39 Å². The van der Waals surface area contributed by atoms with Gasteiger partial charge in [-0.1, -0.05) is 51.2 Å². The fourth-order valence-electron chi connectivity index (χ4n) is 4.41. The zero-order valence-electron chi connectivity index (χ0n) is 23.3. The van der Waals surface area contributed by atoms with E-state index < -0.39 is 11.2 Å². The molecule has 0 radical (unpaired) electrons. The predicted octanol–water partition coefficient (Wildman–Crippen LogP) is 6.30. The van der Waals surface area contributed by atoms with Gasteiger partial charge in [0.2, 0.25) is 0 Å². The van der Waals surface area contributed by atoms with Gasteiger partial charge >= 0.3 is 0 Å². The first-order valence-electron chi connectivity index (χ1n) is 14.0. The van der Waals surface area contributed by atoms with Crippen molar-refractivity contribution in [3.63, 3.8) is 0 Å². The van der Waals surface area contributed by atoms with Crippen LogP contribution in [0.15, 0.2) is 36.4 Å². The molecule has 212 valence electrons. The van der Waals surface area contributed by atoms with E-state index in [-0.39, 0.29) is 31.4 Å². The largest absolute Gasteiger partial charge is 0.492 e. The minimum absolute atomic E-state index is 0.0558. The Labute approximate surface area is 227 Å². The molecule has 0 amide bonds. The van der Waals surface area contributed by atoms with Crippen LogP contribution in [-0.2, 0) is 15.9 Å². The minimum Gasteiger partial charge on any atom is -0.492 e. The molecule has 0 aromatic heterocycles. The molecule has 6 nitrogen and oxygen atoms in total. The Kier molecular flexibility index (Phi) is 11.8. The Hall–Kier alpha value is -2.19. The Morgan fingerprint density at radius 1 is 0.842 bits per heavy atom. The average Bonchev–Trinajstić information content (AvgIpc) is 2.92. The van der Waals surface area contributed by atoms with Crippen molar-refractivity contribution in [2.45, 2.75) is 77.9 Å². The topological polar surface area (TPSA) is 77.4 Å². The van der Waals surface area contributed by atoms with Crippen molar-refractivity contribution in [1.82, 2.24) is 0 Å². The Morgan fingerprint density at radius 3 is 2.16 bits per heavy atom. The summed E-state index contributed by atoms with van der Waals surface area (Å²) in [5, 5.41) is 19.4. The van der Waals surface area contributed by atoms with Gasteiger partial charge in [0.05, 0.1) is 31.8 Å². The van der Waals surface area contributed by atoms with E-state index in [1.807, 2.05) is 38.1 Å². The molecule has 3 rings (SSSR count). The van der Waals surface area contributed by atoms with Crippen LogP contribution in [0.5, 0.6) is 11.5 Å². The second kappa shape index (κ2) is 14.8. The molecular weight excluding hydrogens is 487 g/mol. The molecule has 38 heavy (non-hydrogen) atoms. The molecule has 0 saturated carbocycles. The molecule has 1 fully saturated rings. The normalized spacial score (nSPS) is 16.4. The fraction of sp³-hybridized carbons (Fsp3) is 0.613. The molecule has 0 atom stereocenters. The third-order valence-corrected chi connectivity index (χ3v) is 7.01. The maximum atomic E-state index is 14.8. The van der Waals surface area contributed by atoms with Gasteiger partial charge in [-0.2, -0.15) is 0 Å². The predicted molar refractivity (Wildman–Crippen MR) is 147 cm³/mol. The summed E-state index contributed by atoms with van der Waals surface area (Å²) in [6.45, 7) is 7.22. The quantitative estimate of drug-likeness (QED) is 0.247. The maximum absolute atomic E-state index is 14.8. The van der Waals surface area contributed by atoms with Crippen molar-refractivity contribution in [1.29, 1.82) is 0 Å². The van der Waals surface area contributed by atoms with Crippen LogP contribution in [0.3, 0.4) is 0 Å². The van der Waals surface area contributed by atoms with Crippen molar-refractivity contribution < 1.29 is 33.6 Å². The van der Waals surface area contributed by atoms with E-state index in [1.54, 1.807) is 6.07 Å². The van der Waals surface area contributed by atoms with Gasteiger partial charge in [-0.05, 0) is 74.1 Å². The lowest BCUT2D eigenvalue weighted by Crippen LogP contribution is -2.51. The zero-order valence-corrected chi connectivity index (χ0v) is 23.3. The Morgan fingerprint density at radius 2 is 1.50 bits per heavy atom. The highest BCUT2D eigenvalue weighted by atomic mass is 19.1.